The second-order valence-electron chi connectivity index (χ2n) is 8.36. The van der Waals surface area contributed by atoms with Gasteiger partial charge in [-0.25, -0.2) is 4.79 Å². The summed E-state index contributed by atoms with van der Waals surface area (Å²) < 4.78 is 36.9. The molecule has 1 atom stereocenters. The van der Waals surface area contributed by atoms with Crippen LogP contribution in [-0.4, -0.2) is 47.5 Å². The van der Waals surface area contributed by atoms with E-state index in [4.69, 9.17) is 18.5 Å². The molecule has 11 heteroatoms. The minimum atomic E-state index is -3.93. The highest BCUT2D eigenvalue weighted by Gasteiger charge is 2.48. The highest BCUT2D eigenvalue weighted by Crippen LogP contribution is 2.54. The summed E-state index contributed by atoms with van der Waals surface area (Å²) in [5.41, 5.74) is 0.465. The summed E-state index contributed by atoms with van der Waals surface area (Å²) >= 11 is 0. The number of benzene rings is 2. The summed E-state index contributed by atoms with van der Waals surface area (Å²) in [5.74, 6) is -3.41. The normalized spacial score (nSPS) is 16.2. The van der Waals surface area contributed by atoms with Gasteiger partial charge in [0.15, 0.2) is 5.85 Å². The van der Waals surface area contributed by atoms with E-state index in [1.54, 1.807) is 0 Å². The first-order valence-corrected chi connectivity index (χ1v) is 13.0. The van der Waals surface area contributed by atoms with Gasteiger partial charge in [0.1, 0.15) is 0 Å². The van der Waals surface area contributed by atoms with E-state index in [1.165, 1.54) is 10.8 Å². The third-order valence-electron chi connectivity index (χ3n) is 6.11. The van der Waals surface area contributed by atoms with E-state index in [-0.39, 0.29) is 31.9 Å². The van der Waals surface area contributed by atoms with Crippen molar-refractivity contribution in [2.75, 3.05) is 27.4 Å². The smallest absolute Gasteiger partial charge is 0.358 e. The van der Waals surface area contributed by atoms with Gasteiger partial charge >= 0.3 is 13.3 Å². The molecule has 1 saturated heterocycles. The van der Waals surface area contributed by atoms with Crippen LogP contribution in [0.25, 0.3) is 0 Å². The Morgan fingerprint density at radius 2 is 1.47 bits per heavy atom. The second kappa shape index (κ2) is 11.0. The molecule has 1 unspecified atom stereocenters. The van der Waals surface area contributed by atoms with E-state index in [0.29, 0.717) is 0 Å². The number of aromatic nitrogens is 2. The molecule has 1 aliphatic heterocycles. The molecule has 1 aliphatic rings. The van der Waals surface area contributed by atoms with Crippen molar-refractivity contribution in [2.24, 2.45) is 0 Å². The summed E-state index contributed by atoms with van der Waals surface area (Å²) in [5, 5.41) is 10.8. The molecular weight excluding hydrogens is 487 g/mol. The van der Waals surface area contributed by atoms with Crippen LogP contribution in [-0.2, 0) is 42.0 Å². The fraction of sp³-hybridized carbons (Fsp3) is 0.360. The number of aliphatic hydroxyl groups excluding tert-OH is 1. The number of rotatable bonds is 10. The molecular formula is C25H29N2O8P. The van der Waals surface area contributed by atoms with Gasteiger partial charge in [-0.15, -0.1) is 0 Å². The highest BCUT2D eigenvalue weighted by atomic mass is 31.2. The Labute approximate surface area is 208 Å². The number of ether oxygens (including phenoxy) is 2. The van der Waals surface area contributed by atoms with Crippen LogP contribution in [0.3, 0.4) is 0 Å². The van der Waals surface area contributed by atoms with Gasteiger partial charge in [0.05, 0.1) is 31.9 Å². The average molecular weight is 516 g/mol. The molecule has 0 bridgehead atoms. The van der Waals surface area contributed by atoms with Gasteiger partial charge in [-0.05, 0) is 11.1 Å². The predicted octanol–water partition coefficient (Wildman–Crippen LogP) is 2.50. The van der Waals surface area contributed by atoms with Crippen molar-refractivity contribution >= 4 is 7.60 Å². The van der Waals surface area contributed by atoms with Crippen molar-refractivity contribution in [3.63, 3.8) is 0 Å². The third kappa shape index (κ3) is 5.29. The molecule has 1 N–H and O–H groups in total. The summed E-state index contributed by atoms with van der Waals surface area (Å²) in [6.07, 6.45) is 0.984. The van der Waals surface area contributed by atoms with Crippen molar-refractivity contribution in [3.05, 3.63) is 104 Å². The zero-order chi connectivity index (χ0) is 25.8. The number of nitrogens with zero attached hydrogens (tertiary/aromatic N) is 2. The molecule has 1 aromatic heterocycles. The lowest BCUT2D eigenvalue weighted by molar-refractivity contribution is -0.182. The maximum Gasteiger partial charge on any atom is 0.358 e. The molecule has 192 valence electrons. The summed E-state index contributed by atoms with van der Waals surface area (Å²) in [7, 11) is -1.62. The Hall–Kier alpha value is -2.85. The van der Waals surface area contributed by atoms with E-state index in [2.05, 4.69) is 0 Å². The molecule has 0 radical (unpaired) electrons. The molecule has 0 spiro atoms. The fourth-order valence-electron chi connectivity index (χ4n) is 4.22. The van der Waals surface area contributed by atoms with Gasteiger partial charge in [-0.2, -0.15) is 0 Å². The Kier molecular flexibility index (Phi) is 8.04. The van der Waals surface area contributed by atoms with Crippen molar-refractivity contribution in [3.8, 4) is 0 Å². The monoisotopic (exact) mass is 516 g/mol. The van der Waals surface area contributed by atoms with Crippen LogP contribution < -0.4 is 11.2 Å². The largest absolute Gasteiger partial charge is 0.380 e. The Morgan fingerprint density at radius 1 is 0.944 bits per heavy atom. The molecule has 10 nitrogen and oxygen atoms in total. The molecule has 1 fully saturated rings. The van der Waals surface area contributed by atoms with Crippen LogP contribution in [0, 0.1) is 0 Å². The van der Waals surface area contributed by atoms with Gasteiger partial charge in [-0.1, -0.05) is 60.7 Å². The molecule has 0 aliphatic carbocycles. The quantitative estimate of drug-likeness (QED) is 0.409. The predicted molar refractivity (Wildman–Crippen MR) is 132 cm³/mol. The van der Waals surface area contributed by atoms with E-state index < -0.39 is 36.9 Å². The Bertz CT molecular complexity index is 1330. The van der Waals surface area contributed by atoms with E-state index in [9.17, 15) is 19.3 Å². The van der Waals surface area contributed by atoms with Gasteiger partial charge < -0.3 is 23.6 Å². The molecule has 36 heavy (non-hydrogen) atoms. The SMILES string of the molecule is COP(=O)(OC)C(O)CC1(c2cn(Cc3ccccc3)c(=O)n(Cc3ccccc3)c2=O)OCCO1. The number of hydrogen-bond donors (Lipinski definition) is 1. The molecule has 0 saturated carbocycles. The molecule has 2 heterocycles. The molecule has 3 aromatic rings. The minimum Gasteiger partial charge on any atom is -0.380 e. The lowest BCUT2D eigenvalue weighted by Crippen LogP contribution is -2.47. The first kappa shape index (κ1) is 26.2. The van der Waals surface area contributed by atoms with Crippen molar-refractivity contribution in [1.29, 1.82) is 0 Å². The highest BCUT2D eigenvalue weighted by molar-refractivity contribution is 7.54. The third-order valence-corrected chi connectivity index (χ3v) is 8.04. The number of aliphatic hydroxyl groups is 1. The summed E-state index contributed by atoms with van der Waals surface area (Å²) in [6, 6.07) is 18.4. The van der Waals surface area contributed by atoms with Crippen molar-refractivity contribution < 1.29 is 28.2 Å². The maximum atomic E-state index is 13.7. The van der Waals surface area contributed by atoms with E-state index >= 15 is 0 Å². The first-order valence-electron chi connectivity index (χ1n) is 11.4. The summed E-state index contributed by atoms with van der Waals surface area (Å²) in [4.78, 5) is 27.2. The average Bonchev–Trinajstić information content (AvgIpc) is 3.38. The van der Waals surface area contributed by atoms with E-state index in [0.717, 1.165) is 29.9 Å². The van der Waals surface area contributed by atoms with Crippen LogP contribution in [0.5, 0.6) is 0 Å². The van der Waals surface area contributed by atoms with Crippen molar-refractivity contribution in [2.45, 2.75) is 31.1 Å². The standard InChI is InChI=1S/C25H29N2O8P/c1-32-36(31,33-2)22(28)15-25(34-13-14-35-25)21-18-26(16-19-9-5-3-6-10-19)24(30)27(23(21)29)17-20-11-7-4-8-12-20/h3-12,18,22,28H,13-17H2,1-2H3. The summed E-state index contributed by atoms with van der Waals surface area (Å²) in [6.45, 7) is 0.475. The molecule has 2 aromatic carbocycles. The second-order valence-corrected chi connectivity index (χ2v) is 10.8. The van der Waals surface area contributed by atoms with Gasteiger partial charge in [-0.3, -0.25) is 18.5 Å². The lowest BCUT2D eigenvalue weighted by Gasteiger charge is -2.31. The topological polar surface area (TPSA) is 118 Å². The Balaban J connectivity index is 1.86. The molecule has 0 amide bonds. The zero-order valence-electron chi connectivity index (χ0n) is 20.1. The van der Waals surface area contributed by atoms with Gasteiger partial charge in [0, 0.05) is 26.8 Å². The van der Waals surface area contributed by atoms with Crippen LogP contribution in [0.15, 0.2) is 76.4 Å². The van der Waals surface area contributed by atoms with Gasteiger partial charge in [0.2, 0.25) is 5.79 Å². The van der Waals surface area contributed by atoms with Crippen LogP contribution >= 0.6 is 7.60 Å². The lowest BCUT2D eigenvalue weighted by atomic mass is 10.1. The van der Waals surface area contributed by atoms with E-state index in [1.807, 2.05) is 60.7 Å². The van der Waals surface area contributed by atoms with Crippen LogP contribution in [0.1, 0.15) is 23.1 Å². The van der Waals surface area contributed by atoms with Crippen LogP contribution in [0.4, 0.5) is 0 Å². The zero-order valence-corrected chi connectivity index (χ0v) is 21.0. The van der Waals surface area contributed by atoms with Gasteiger partial charge in [0.25, 0.3) is 5.56 Å². The van der Waals surface area contributed by atoms with Crippen molar-refractivity contribution in [1.82, 2.24) is 9.13 Å². The fourth-order valence-corrected chi connectivity index (χ4v) is 5.32. The first-order chi connectivity index (χ1) is 17.3. The minimum absolute atomic E-state index is 0.00395. The van der Waals surface area contributed by atoms with Crippen LogP contribution in [0.2, 0.25) is 0 Å². The Morgan fingerprint density at radius 3 is 2.00 bits per heavy atom. The number of hydrogen-bond acceptors (Lipinski definition) is 8. The molecule has 4 rings (SSSR count). The maximum absolute atomic E-state index is 13.7.